The Balaban J connectivity index is 3.48. The van der Waals surface area contributed by atoms with Crippen LogP contribution >= 0.6 is 0 Å². The van der Waals surface area contributed by atoms with Crippen LogP contribution in [0.1, 0.15) is 126 Å². The van der Waals surface area contributed by atoms with Gasteiger partial charge in [-0.3, -0.25) is 0 Å². The van der Waals surface area contributed by atoms with E-state index in [-0.39, 0.29) is 5.92 Å². The number of rotatable bonds is 13. The SMILES string of the molecule is CCCCCCCCC(c1ccc(OC)cc1)C(OC(C)(C)C)(OC(C)(C)C)OC(C)(C)C. The van der Waals surface area contributed by atoms with E-state index in [1.807, 2.05) is 12.1 Å². The monoisotopic (exact) mass is 464 g/mol. The molecule has 0 heterocycles. The fourth-order valence-corrected chi connectivity index (χ4v) is 4.07. The van der Waals surface area contributed by atoms with Crippen LogP contribution in [0.4, 0.5) is 0 Å². The predicted molar refractivity (Wildman–Crippen MR) is 139 cm³/mol. The molecule has 1 atom stereocenters. The van der Waals surface area contributed by atoms with Gasteiger partial charge < -0.3 is 18.9 Å². The molecule has 4 heteroatoms. The van der Waals surface area contributed by atoms with E-state index in [0.29, 0.717) is 0 Å². The summed E-state index contributed by atoms with van der Waals surface area (Å²) < 4.78 is 25.7. The van der Waals surface area contributed by atoms with Crippen molar-refractivity contribution < 1.29 is 18.9 Å². The Morgan fingerprint density at radius 2 is 1.06 bits per heavy atom. The van der Waals surface area contributed by atoms with Gasteiger partial charge >= 0.3 is 0 Å². The average Bonchev–Trinajstić information content (AvgIpc) is 2.63. The van der Waals surface area contributed by atoms with Gasteiger partial charge in [0.05, 0.1) is 29.8 Å². The fraction of sp³-hybridized carbons (Fsp3) is 0.793. The standard InChI is InChI=1S/C29H52O4/c1-12-13-14-15-16-17-18-25(23-19-21-24(30-11)22-20-23)29(31-26(2,3)4,32-27(5,6)7)33-28(8,9)10/h19-22,25H,12-18H2,1-11H3. The highest BCUT2D eigenvalue weighted by atomic mass is 16.9. The molecule has 1 unspecified atom stereocenters. The second-order valence-corrected chi connectivity index (χ2v) is 12.1. The Kier molecular flexibility index (Phi) is 11.4. The lowest BCUT2D eigenvalue weighted by Crippen LogP contribution is -2.55. The van der Waals surface area contributed by atoms with Crippen LogP contribution in [0.2, 0.25) is 0 Å². The van der Waals surface area contributed by atoms with Gasteiger partial charge in [0.15, 0.2) is 0 Å². The molecule has 1 rings (SSSR count). The van der Waals surface area contributed by atoms with Crippen molar-refractivity contribution >= 4 is 0 Å². The lowest BCUT2D eigenvalue weighted by atomic mass is 9.89. The first-order chi connectivity index (χ1) is 15.1. The quantitative estimate of drug-likeness (QED) is 0.216. The molecule has 33 heavy (non-hydrogen) atoms. The van der Waals surface area contributed by atoms with Crippen LogP contribution in [0.3, 0.4) is 0 Å². The van der Waals surface area contributed by atoms with E-state index in [1.54, 1.807) is 7.11 Å². The van der Waals surface area contributed by atoms with Crippen molar-refractivity contribution in [1.82, 2.24) is 0 Å². The first-order valence-electron chi connectivity index (χ1n) is 12.9. The fourth-order valence-electron chi connectivity index (χ4n) is 4.07. The van der Waals surface area contributed by atoms with Crippen LogP contribution in [-0.2, 0) is 14.2 Å². The van der Waals surface area contributed by atoms with Crippen LogP contribution < -0.4 is 4.74 Å². The Morgan fingerprint density at radius 3 is 1.45 bits per heavy atom. The number of unbranched alkanes of at least 4 members (excludes halogenated alkanes) is 5. The van der Waals surface area contributed by atoms with Crippen molar-refractivity contribution in [2.75, 3.05) is 7.11 Å². The van der Waals surface area contributed by atoms with Crippen molar-refractivity contribution in [2.45, 2.75) is 143 Å². The zero-order valence-electron chi connectivity index (χ0n) is 23.5. The second-order valence-electron chi connectivity index (χ2n) is 12.1. The van der Waals surface area contributed by atoms with Gasteiger partial charge in [-0.25, -0.2) is 0 Å². The molecular weight excluding hydrogens is 412 g/mol. The molecule has 0 aromatic heterocycles. The summed E-state index contributed by atoms with van der Waals surface area (Å²) in [6.45, 7) is 20.8. The minimum absolute atomic E-state index is 0.0905. The number of ether oxygens (including phenoxy) is 4. The van der Waals surface area contributed by atoms with E-state index in [4.69, 9.17) is 18.9 Å². The molecule has 0 amide bonds. The third-order valence-corrected chi connectivity index (χ3v) is 5.14. The van der Waals surface area contributed by atoms with Crippen molar-refractivity contribution in [3.05, 3.63) is 29.8 Å². The molecule has 0 radical (unpaired) electrons. The molecule has 0 saturated carbocycles. The van der Waals surface area contributed by atoms with Crippen LogP contribution in [0.5, 0.6) is 5.75 Å². The lowest BCUT2D eigenvalue weighted by molar-refractivity contribution is -0.456. The maximum Gasteiger partial charge on any atom is 0.291 e. The van der Waals surface area contributed by atoms with Gasteiger partial charge in [-0.1, -0.05) is 57.6 Å². The summed E-state index contributed by atoms with van der Waals surface area (Å²) in [5, 5.41) is 0. The lowest BCUT2D eigenvalue weighted by Gasteiger charge is -2.49. The number of benzene rings is 1. The van der Waals surface area contributed by atoms with Crippen LogP contribution in [0.25, 0.3) is 0 Å². The molecule has 0 fully saturated rings. The summed E-state index contributed by atoms with van der Waals surface area (Å²) in [7, 11) is 1.70. The Bertz CT molecular complexity index is 618. The maximum absolute atomic E-state index is 6.77. The Labute approximate surface area is 204 Å². The maximum atomic E-state index is 6.77. The largest absolute Gasteiger partial charge is 0.497 e. The van der Waals surface area contributed by atoms with Gasteiger partial charge in [-0.15, -0.1) is 0 Å². The normalized spacial score (nSPS) is 14.4. The van der Waals surface area contributed by atoms with Crippen molar-refractivity contribution in [3.63, 3.8) is 0 Å². The zero-order valence-corrected chi connectivity index (χ0v) is 23.5. The van der Waals surface area contributed by atoms with Crippen molar-refractivity contribution in [3.8, 4) is 5.75 Å². The van der Waals surface area contributed by atoms with Gasteiger partial charge in [0.1, 0.15) is 5.75 Å². The highest BCUT2D eigenvalue weighted by molar-refractivity contribution is 5.30. The molecule has 1 aromatic carbocycles. The summed E-state index contributed by atoms with van der Waals surface area (Å²) >= 11 is 0. The highest BCUT2D eigenvalue weighted by Crippen LogP contribution is 2.45. The topological polar surface area (TPSA) is 36.9 Å². The van der Waals surface area contributed by atoms with Crippen molar-refractivity contribution in [1.29, 1.82) is 0 Å². The van der Waals surface area contributed by atoms with E-state index >= 15 is 0 Å². The third kappa shape index (κ3) is 11.7. The molecule has 0 aliphatic heterocycles. The van der Waals surface area contributed by atoms with Gasteiger partial charge in [0, 0.05) is 0 Å². The molecule has 0 aliphatic carbocycles. The van der Waals surface area contributed by atoms with E-state index < -0.39 is 22.8 Å². The molecule has 0 spiro atoms. The first kappa shape index (κ1) is 29.9. The molecular formula is C29H52O4. The third-order valence-electron chi connectivity index (χ3n) is 5.14. The van der Waals surface area contributed by atoms with E-state index in [9.17, 15) is 0 Å². The zero-order chi connectivity index (χ0) is 25.3. The minimum atomic E-state index is -1.23. The van der Waals surface area contributed by atoms with Crippen LogP contribution in [-0.4, -0.2) is 29.9 Å². The van der Waals surface area contributed by atoms with Gasteiger partial charge in [-0.05, 0) is 86.4 Å². The van der Waals surface area contributed by atoms with E-state index in [0.717, 1.165) is 24.2 Å². The summed E-state index contributed by atoms with van der Waals surface area (Å²) in [4.78, 5) is 0. The van der Waals surface area contributed by atoms with Crippen LogP contribution in [0, 0.1) is 0 Å². The van der Waals surface area contributed by atoms with E-state index in [1.165, 1.54) is 32.1 Å². The minimum Gasteiger partial charge on any atom is -0.497 e. The molecule has 192 valence electrons. The van der Waals surface area contributed by atoms with Gasteiger partial charge in [0.2, 0.25) is 0 Å². The number of hydrogen-bond donors (Lipinski definition) is 0. The van der Waals surface area contributed by atoms with Crippen molar-refractivity contribution in [2.24, 2.45) is 0 Å². The Hall–Kier alpha value is -1.10. The molecule has 0 aliphatic rings. The van der Waals surface area contributed by atoms with E-state index in [2.05, 4.69) is 81.4 Å². The second kappa shape index (κ2) is 12.6. The first-order valence-corrected chi connectivity index (χ1v) is 12.9. The van der Waals surface area contributed by atoms with Crippen LogP contribution in [0.15, 0.2) is 24.3 Å². The highest BCUT2D eigenvalue weighted by Gasteiger charge is 2.51. The molecule has 0 saturated heterocycles. The summed E-state index contributed by atoms with van der Waals surface area (Å²) in [6, 6.07) is 8.28. The molecule has 0 N–H and O–H groups in total. The number of methoxy groups -OCH3 is 1. The van der Waals surface area contributed by atoms with Gasteiger partial charge in [-0.2, -0.15) is 0 Å². The average molecular weight is 465 g/mol. The summed E-state index contributed by atoms with van der Waals surface area (Å²) in [5.74, 6) is -0.479. The van der Waals surface area contributed by atoms with Gasteiger partial charge in [0.25, 0.3) is 5.97 Å². The smallest absolute Gasteiger partial charge is 0.291 e. The molecule has 0 bridgehead atoms. The number of hydrogen-bond acceptors (Lipinski definition) is 4. The summed E-state index contributed by atoms with van der Waals surface area (Å²) in [5.41, 5.74) is -0.227. The Morgan fingerprint density at radius 1 is 0.636 bits per heavy atom. The predicted octanol–water partition coefficient (Wildman–Crippen LogP) is 8.63. The molecule has 1 aromatic rings. The summed E-state index contributed by atoms with van der Waals surface area (Å²) in [6.07, 6.45) is 8.33. The molecule has 4 nitrogen and oxygen atoms in total.